The highest BCUT2D eigenvalue weighted by molar-refractivity contribution is 5.80. The van der Waals surface area contributed by atoms with Crippen LogP contribution in [0, 0.1) is 0 Å². The Kier molecular flexibility index (Phi) is 8.65. The molecule has 0 radical (unpaired) electrons. The molecule has 1 unspecified atom stereocenters. The minimum atomic E-state index is 0.299. The maximum Gasteiger partial charge on any atom is 0.191 e. The lowest BCUT2D eigenvalue weighted by molar-refractivity contribution is 0.177. The van der Waals surface area contributed by atoms with Crippen molar-refractivity contribution in [2.24, 2.45) is 4.99 Å². The fraction of sp³-hybridized carbons (Fsp3) is 0.591. The molecule has 0 saturated heterocycles. The van der Waals surface area contributed by atoms with Crippen molar-refractivity contribution in [3.63, 3.8) is 0 Å². The zero-order valence-corrected chi connectivity index (χ0v) is 18.5. The summed E-state index contributed by atoms with van der Waals surface area (Å²) in [4.78, 5) is 11.7. The average Bonchev–Trinajstić information content (AvgIpc) is 3.14. The average molecular weight is 414 g/mol. The molecule has 1 aliphatic rings. The Morgan fingerprint density at radius 3 is 2.93 bits per heavy atom. The molecule has 164 valence electrons. The van der Waals surface area contributed by atoms with Gasteiger partial charge in [-0.05, 0) is 38.9 Å². The van der Waals surface area contributed by atoms with Gasteiger partial charge in [-0.3, -0.25) is 4.99 Å². The summed E-state index contributed by atoms with van der Waals surface area (Å²) in [6, 6.07) is 10.9. The van der Waals surface area contributed by atoms with Gasteiger partial charge in [-0.25, -0.2) is 9.67 Å². The molecule has 3 rings (SSSR count). The Morgan fingerprint density at radius 1 is 1.33 bits per heavy atom. The molecule has 1 aromatic heterocycles. The van der Waals surface area contributed by atoms with Gasteiger partial charge in [0, 0.05) is 39.2 Å². The van der Waals surface area contributed by atoms with Crippen LogP contribution in [-0.2, 0) is 30.9 Å². The molecule has 2 N–H and O–H groups in total. The van der Waals surface area contributed by atoms with Crippen molar-refractivity contribution in [1.29, 1.82) is 0 Å². The van der Waals surface area contributed by atoms with E-state index in [0.29, 0.717) is 12.6 Å². The molecule has 0 bridgehead atoms. The van der Waals surface area contributed by atoms with Gasteiger partial charge >= 0.3 is 0 Å². The number of hydrogen-bond acceptors (Lipinski definition) is 5. The molecule has 1 aliphatic heterocycles. The highest BCUT2D eigenvalue weighted by Crippen LogP contribution is 2.13. The Bertz CT molecular complexity index is 790. The lowest BCUT2D eigenvalue weighted by atomic mass is 10.1. The second-order valence-corrected chi connectivity index (χ2v) is 7.78. The maximum atomic E-state index is 5.15. The van der Waals surface area contributed by atoms with Crippen LogP contribution < -0.4 is 10.6 Å². The number of aromatic nitrogens is 3. The third-order valence-electron chi connectivity index (χ3n) is 5.12. The topological polar surface area (TPSA) is 79.6 Å². The van der Waals surface area contributed by atoms with Gasteiger partial charge in [0.15, 0.2) is 11.8 Å². The Labute approximate surface area is 179 Å². The van der Waals surface area contributed by atoms with Gasteiger partial charge in [0.25, 0.3) is 0 Å². The van der Waals surface area contributed by atoms with Crippen LogP contribution in [-0.4, -0.2) is 65.5 Å². The predicted molar refractivity (Wildman–Crippen MR) is 119 cm³/mol. The Balaban J connectivity index is 1.45. The SMILES string of the molecule is CCNC(=NCCCN(C)Cc1ccccc1)NC1CCc2nc(COC)nn2C1. The molecule has 30 heavy (non-hydrogen) atoms. The summed E-state index contributed by atoms with van der Waals surface area (Å²) in [7, 11) is 3.83. The second kappa shape index (κ2) is 11.7. The molecular weight excluding hydrogens is 378 g/mol. The van der Waals surface area contributed by atoms with Crippen molar-refractivity contribution >= 4 is 5.96 Å². The van der Waals surface area contributed by atoms with E-state index in [1.54, 1.807) is 7.11 Å². The largest absolute Gasteiger partial charge is 0.377 e. The Morgan fingerprint density at radius 2 is 2.17 bits per heavy atom. The normalized spacial score (nSPS) is 16.5. The van der Waals surface area contributed by atoms with Gasteiger partial charge < -0.3 is 20.3 Å². The maximum absolute atomic E-state index is 5.15. The molecule has 1 aromatic carbocycles. The first-order chi connectivity index (χ1) is 14.7. The van der Waals surface area contributed by atoms with E-state index in [1.165, 1.54) is 5.56 Å². The quantitative estimate of drug-likeness (QED) is 0.351. The minimum Gasteiger partial charge on any atom is -0.377 e. The molecule has 0 amide bonds. The number of nitrogens with one attached hydrogen (secondary N) is 2. The molecule has 0 spiro atoms. The number of ether oxygens (including phenoxy) is 1. The molecule has 0 saturated carbocycles. The predicted octanol–water partition coefficient (Wildman–Crippen LogP) is 1.82. The van der Waals surface area contributed by atoms with E-state index in [0.717, 1.165) is 69.6 Å². The molecule has 8 heteroatoms. The van der Waals surface area contributed by atoms with Gasteiger partial charge in [0.2, 0.25) is 0 Å². The van der Waals surface area contributed by atoms with Crippen LogP contribution in [0.25, 0.3) is 0 Å². The van der Waals surface area contributed by atoms with Gasteiger partial charge in [-0.15, -0.1) is 0 Å². The van der Waals surface area contributed by atoms with E-state index in [4.69, 9.17) is 9.73 Å². The molecule has 0 fully saturated rings. The first-order valence-electron chi connectivity index (χ1n) is 10.9. The van der Waals surface area contributed by atoms with Crippen LogP contribution in [0.4, 0.5) is 0 Å². The lowest BCUT2D eigenvalue weighted by Crippen LogP contribution is -2.47. The molecule has 1 atom stereocenters. The monoisotopic (exact) mass is 413 g/mol. The zero-order valence-electron chi connectivity index (χ0n) is 18.5. The van der Waals surface area contributed by atoms with E-state index in [2.05, 4.69) is 69.9 Å². The number of aryl methyl sites for hydroxylation is 1. The fourth-order valence-corrected chi connectivity index (χ4v) is 3.69. The van der Waals surface area contributed by atoms with Crippen molar-refractivity contribution in [1.82, 2.24) is 30.3 Å². The summed E-state index contributed by atoms with van der Waals surface area (Å²) in [5.41, 5.74) is 1.34. The summed E-state index contributed by atoms with van der Waals surface area (Å²) in [5, 5.41) is 11.5. The number of nitrogens with zero attached hydrogens (tertiary/aromatic N) is 5. The van der Waals surface area contributed by atoms with Crippen LogP contribution in [0.3, 0.4) is 0 Å². The van der Waals surface area contributed by atoms with Gasteiger partial charge in [-0.1, -0.05) is 30.3 Å². The van der Waals surface area contributed by atoms with Gasteiger partial charge in [0.05, 0.1) is 6.54 Å². The first kappa shape index (κ1) is 22.2. The minimum absolute atomic E-state index is 0.299. The van der Waals surface area contributed by atoms with Crippen LogP contribution in [0.5, 0.6) is 0 Å². The number of benzene rings is 1. The van der Waals surface area contributed by atoms with E-state index >= 15 is 0 Å². The van der Waals surface area contributed by atoms with Crippen molar-refractivity contribution < 1.29 is 4.74 Å². The van der Waals surface area contributed by atoms with Crippen LogP contribution in [0.15, 0.2) is 35.3 Å². The summed E-state index contributed by atoms with van der Waals surface area (Å²) in [6.07, 6.45) is 2.96. The van der Waals surface area contributed by atoms with E-state index < -0.39 is 0 Å². The smallest absolute Gasteiger partial charge is 0.191 e. The highest BCUT2D eigenvalue weighted by Gasteiger charge is 2.22. The molecule has 0 aliphatic carbocycles. The second-order valence-electron chi connectivity index (χ2n) is 7.78. The molecule has 2 heterocycles. The van der Waals surface area contributed by atoms with Crippen LogP contribution in [0.1, 0.15) is 37.0 Å². The Hall–Kier alpha value is -2.45. The van der Waals surface area contributed by atoms with E-state index in [1.807, 2.05) is 4.68 Å². The lowest BCUT2D eigenvalue weighted by Gasteiger charge is -2.25. The molecule has 2 aromatic rings. The van der Waals surface area contributed by atoms with Gasteiger partial charge in [-0.2, -0.15) is 5.10 Å². The number of rotatable bonds is 10. The zero-order chi connectivity index (χ0) is 21.2. The molecule has 8 nitrogen and oxygen atoms in total. The van der Waals surface area contributed by atoms with Crippen molar-refractivity contribution in [2.75, 3.05) is 33.8 Å². The fourth-order valence-electron chi connectivity index (χ4n) is 3.69. The van der Waals surface area contributed by atoms with Crippen molar-refractivity contribution in [3.05, 3.63) is 47.5 Å². The summed E-state index contributed by atoms with van der Waals surface area (Å²) in [5.74, 6) is 2.69. The first-order valence-corrected chi connectivity index (χ1v) is 10.9. The van der Waals surface area contributed by atoms with E-state index in [-0.39, 0.29) is 0 Å². The van der Waals surface area contributed by atoms with Crippen molar-refractivity contribution in [3.8, 4) is 0 Å². The molecular formula is C22H35N7O. The van der Waals surface area contributed by atoms with E-state index in [9.17, 15) is 0 Å². The number of guanidine groups is 1. The third-order valence-corrected chi connectivity index (χ3v) is 5.12. The van der Waals surface area contributed by atoms with Crippen LogP contribution in [0.2, 0.25) is 0 Å². The third kappa shape index (κ3) is 6.81. The summed E-state index contributed by atoms with van der Waals surface area (Å²) >= 11 is 0. The highest BCUT2D eigenvalue weighted by atomic mass is 16.5. The number of hydrogen-bond donors (Lipinski definition) is 2. The number of methoxy groups -OCH3 is 1. The van der Waals surface area contributed by atoms with Gasteiger partial charge in [0.1, 0.15) is 12.4 Å². The summed E-state index contributed by atoms with van der Waals surface area (Å²) < 4.78 is 7.14. The number of aliphatic imine (C=N–C) groups is 1. The standard InChI is InChI=1S/C22H35N7O/c1-4-23-22(24-13-8-14-28(2)15-18-9-6-5-7-10-18)25-19-11-12-21-26-20(17-30-3)27-29(21)16-19/h5-7,9-10,19H,4,8,11-17H2,1-3H3,(H2,23,24,25). The van der Waals surface area contributed by atoms with Crippen LogP contribution >= 0.6 is 0 Å². The number of fused-ring (bicyclic) bond motifs is 1. The van der Waals surface area contributed by atoms with Crippen molar-refractivity contribution in [2.45, 2.75) is 51.9 Å². The summed E-state index contributed by atoms with van der Waals surface area (Å²) in [6.45, 7) is 6.99.